The van der Waals surface area contributed by atoms with Crippen LogP contribution in [0.5, 0.6) is 0 Å². The van der Waals surface area contributed by atoms with Gasteiger partial charge in [-0.25, -0.2) is 15.0 Å². The minimum absolute atomic E-state index is 0.0561. The quantitative estimate of drug-likeness (QED) is 0.131. The molecule has 1 fully saturated rings. The molecule has 0 spiro atoms. The van der Waals surface area contributed by atoms with Crippen LogP contribution in [-0.4, -0.2) is 97.5 Å². The SMILES string of the molecule is CCNC(=O)[C@H]1O[C@@H](n2cnc3c(NCC(c4ccccc4)c4ccccc4)nc(C(=O)NCCN4CCc5ccccc5C4)nc32)[C@@H](O)[C@@H]1O. The number of amides is 2. The fourth-order valence-electron chi connectivity index (χ4n) is 6.86. The predicted octanol–water partition coefficient (Wildman–Crippen LogP) is 2.61. The minimum atomic E-state index is -1.49. The zero-order chi connectivity index (χ0) is 35.3. The molecule has 0 radical (unpaired) electrons. The smallest absolute Gasteiger partial charge is 0.289 e. The Morgan fingerprint density at radius 2 is 1.59 bits per heavy atom. The highest BCUT2D eigenvalue weighted by atomic mass is 16.6. The van der Waals surface area contributed by atoms with Gasteiger partial charge in [0.1, 0.15) is 12.2 Å². The number of carbonyl (C=O) groups is 2. The van der Waals surface area contributed by atoms with Gasteiger partial charge in [-0.15, -0.1) is 0 Å². The molecule has 2 aliphatic rings. The van der Waals surface area contributed by atoms with Gasteiger partial charge in [0.05, 0.1) is 6.33 Å². The monoisotopic (exact) mass is 690 g/mol. The summed E-state index contributed by atoms with van der Waals surface area (Å²) < 4.78 is 7.32. The van der Waals surface area contributed by atoms with Crippen molar-refractivity contribution in [3.63, 3.8) is 0 Å². The number of nitrogens with zero attached hydrogens (tertiary/aromatic N) is 5. The Hall–Kier alpha value is -5.21. The molecular formula is C38H42N8O5. The van der Waals surface area contributed by atoms with Crippen LogP contribution in [0.4, 0.5) is 5.82 Å². The molecule has 13 heteroatoms. The number of aliphatic hydroxyl groups is 2. The number of likely N-dealkylation sites (N-methyl/N-ethyl adjacent to an activating group) is 1. The van der Waals surface area contributed by atoms with Crippen LogP contribution in [-0.2, 0) is 22.5 Å². The Kier molecular flexibility index (Phi) is 10.3. The van der Waals surface area contributed by atoms with Gasteiger partial charge in [0, 0.05) is 45.2 Å². The van der Waals surface area contributed by atoms with E-state index in [9.17, 15) is 19.8 Å². The molecule has 13 nitrogen and oxygen atoms in total. The van der Waals surface area contributed by atoms with Crippen molar-refractivity contribution >= 4 is 28.8 Å². The molecule has 4 heterocycles. The van der Waals surface area contributed by atoms with Crippen molar-refractivity contribution in [1.82, 2.24) is 35.1 Å². The van der Waals surface area contributed by atoms with E-state index in [-0.39, 0.29) is 17.4 Å². The molecule has 51 heavy (non-hydrogen) atoms. The summed E-state index contributed by atoms with van der Waals surface area (Å²) in [6, 6.07) is 28.6. The van der Waals surface area contributed by atoms with E-state index in [0.29, 0.717) is 37.5 Å². The lowest BCUT2D eigenvalue weighted by Crippen LogP contribution is -2.42. The molecule has 3 aromatic carbocycles. The minimum Gasteiger partial charge on any atom is -0.387 e. The van der Waals surface area contributed by atoms with Gasteiger partial charge < -0.3 is 30.9 Å². The Bertz CT molecular complexity index is 1930. The van der Waals surface area contributed by atoms with E-state index in [2.05, 4.69) is 78.3 Å². The molecule has 0 saturated carbocycles. The first-order valence-electron chi connectivity index (χ1n) is 17.4. The second kappa shape index (κ2) is 15.4. The molecule has 5 aromatic rings. The predicted molar refractivity (Wildman–Crippen MR) is 191 cm³/mol. The van der Waals surface area contributed by atoms with Crippen LogP contribution >= 0.6 is 0 Å². The molecule has 4 atom stereocenters. The van der Waals surface area contributed by atoms with Gasteiger partial charge in [-0.1, -0.05) is 84.9 Å². The van der Waals surface area contributed by atoms with Crippen molar-refractivity contribution in [2.75, 3.05) is 38.0 Å². The molecule has 0 unspecified atom stereocenters. The first kappa shape index (κ1) is 34.2. The molecule has 0 aliphatic carbocycles. The van der Waals surface area contributed by atoms with E-state index in [1.807, 2.05) is 42.5 Å². The fourth-order valence-corrected chi connectivity index (χ4v) is 6.86. The lowest BCUT2D eigenvalue weighted by atomic mass is 9.91. The summed E-state index contributed by atoms with van der Waals surface area (Å²) in [5.41, 5.74) is 5.39. The summed E-state index contributed by atoms with van der Waals surface area (Å²) in [6.07, 6.45) is -3.08. The Morgan fingerprint density at radius 1 is 0.902 bits per heavy atom. The number of fused-ring (bicyclic) bond motifs is 2. The number of imidazole rings is 1. The molecule has 1 saturated heterocycles. The molecule has 2 aromatic heterocycles. The molecule has 0 bridgehead atoms. The third-order valence-corrected chi connectivity index (χ3v) is 9.55. The summed E-state index contributed by atoms with van der Waals surface area (Å²) in [4.78, 5) is 42.4. The van der Waals surface area contributed by atoms with Crippen molar-refractivity contribution < 1.29 is 24.5 Å². The van der Waals surface area contributed by atoms with Crippen molar-refractivity contribution in [2.24, 2.45) is 0 Å². The van der Waals surface area contributed by atoms with Crippen LogP contribution in [0.3, 0.4) is 0 Å². The third-order valence-electron chi connectivity index (χ3n) is 9.55. The van der Waals surface area contributed by atoms with Gasteiger partial charge in [0.2, 0.25) is 5.82 Å². The average molecular weight is 691 g/mol. The molecule has 2 amide bonds. The number of hydrogen-bond acceptors (Lipinski definition) is 10. The molecular weight excluding hydrogens is 648 g/mol. The maximum Gasteiger partial charge on any atom is 0.289 e. The van der Waals surface area contributed by atoms with E-state index < -0.39 is 36.4 Å². The molecule has 264 valence electrons. The van der Waals surface area contributed by atoms with Crippen LogP contribution in [0.1, 0.15) is 51.9 Å². The van der Waals surface area contributed by atoms with E-state index in [1.54, 1.807) is 6.92 Å². The molecule has 7 rings (SSSR count). The van der Waals surface area contributed by atoms with Gasteiger partial charge in [-0.3, -0.25) is 19.1 Å². The maximum atomic E-state index is 13.7. The first-order chi connectivity index (χ1) is 24.9. The normalized spacial score (nSPS) is 20.3. The summed E-state index contributed by atoms with van der Waals surface area (Å²) in [6.45, 7) is 5.27. The Labute approximate surface area is 295 Å². The second-order valence-corrected chi connectivity index (χ2v) is 12.8. The van der Waals surface area contributed by atoms with Crippen LogP contribution in [0.2, 0.25) is 0 Å². The van der Waals surface area contributed by atoms with Gasteiger partial charge in [-0.2, -0.15) is 0 Å². The zero-order valence-electron chi connectivity index (χ0n) is 28.4. The van der Waals surface area contributed by atoms with E-state index in [4.69, 9.17) is 4.74 Å². The lowest BCUT2D eigenvalue weighted by molar-refractivity contribution is -0.137. The number of rotatable bonds is 12. The number of hydrogen-bond donors (Lipinski definition) is 5. The highest BCUT2D eigenvalue weighted by Crippen LogP contribution is 2.33. The van der Waals surface area contributed by atoms with Crippen LogP contribution in [0.25, 0.3) is 11.2 Å². The number of aliphatic hydroxyl groups excluding tert-OH is 2. The van der Waals surface area contributed by atoms with Crippen LogP contribution in [0.15, 0.2) is 91.3 Å². The number of carbonyl (C=O) groups excluding carboxylic acids is 2. The Balaban J connectivity index is 1.17. The summed E-state index contributed by atoms with van der Waals surface area (Å²) in [5.74, 6) is -0.847. The zero-order valence-corrected chi connectivity index (χ0v) is 28.4. The van der Waals surface area contributed by atoms with Crippen molar-refractivity contribution in [1.29, 1.82) is 0 Å². The van der Waals surface area contributed by atoms with Gasteiger partial charge in [0.15, 0.2) is 29.3 Å². The lowest BCUT2D eigenvalue weighted by Gasteiger charge is -2.28. The van der Waals surface area contributed by atoms with Crippen molar-refractivity contribution in [3.8, 4) is 0 Å². The first-order valence-corrected chi connectivity index (χ1v) is 17.4. The van der Waals surface area contributed by atoms with E-state index in [0.717, 1.165) is 30.6 Å². The van der Waals surface area contributed by atoms with E-state index in [1.165, 1.54) is 22.0 Å². The molecule has 2 aliphatic heterocycles. The largest absolute Gasteiger partial charge is 0.387 e. The highest BCUT2D eigenvalue weighted by molar-refractivity contribution is 5.94. The number of nitrogens with one attached hydrogen (secondary N) is 3. The van der Waals surface area contributed by atoms with Gasteiger partial charge in [0.25, 0.3) is 11.8 Å². The number of benzene rings is 3. The van der Waals surface area contributed by atoms with E-state index >= 15 is 0 Å². The summed E-state index contributed by atoms with van der Waals surface area (Å²) in [7, 11) is 0. The molecule has 5 N–H and O–H groups in total. The van der Waals surface area contributed by atoms with Gasteiger partial charge in [-0.05, 0) is 35.6 Å². The van der Waals surface area contributed by atoms with Crippen LogP contribution in [0, 0.1) is 0 Å². The topological polar surface area (TPSA) is 167 Å². The van der Waals surface area contributed by atoms with Crippen molar-refractivity contribution in [3.05, 3.63) is 119 Å². The van der Waals surface area contributed by atoms with Crippen LogP contribution < -0.4 is 16.0 Å². The Morgan fingerprint density at radius 3 is 2.29 bits per heavy atom. The number of aromatic nitrogens is 4. The summed E-state index contributed by atoms with van der Waals surface area (Å²) in [5, 5.41) is 30.8. The number of anilines is 1. The highest BCUT2D eigenvalue weighted by Gasteiger charge is 2.47. The fraction of sp³-hybridized carbons (Fsp3) is 0.342. The standard InChI is InChI=1S/C38H42N8O5/c1-2-39-36(49)32-30(47)31(48)38(51-32)46-23-42-29-33(41-21-28(25-12-5-3-6-13-25)26-14-7-4-8-15-26)43-34(44-35(29)46)37(50)40-18-20-45-19-17-24-11-9-10-16-27(24)22-45/h3-16,23,28,30-32,38,47-48H,2,17-22H2,1H3,(H,39,49)(H,40,50)(H,41,43,44)/t30-,31-,32-,38+/m0/s1. The average Bonchev–Trinajstić information content (AvgIpc) is 3.72. The third kappa shape index (κ3) is 7.33. The summed E-state index contributed by atoms with van der Waals surface area (Å²) >= 11 is 0. The van der Waals surface area contributed by atoms with Gasteiger partial charge >= 0.3 is 0 Å². The second-order valence-electron chi connectivity index (χ2n) is 12.8. The van der Waals surface area contributed by atoms with Crippen molar-refractivity contribution in [2.45, 2.75) is 50.3 Å². The number of ether oxygens (including phenoxy) is 1. The maximum absolute atomic E-state index is 13.7.